The van der Waals surface area contributed by atoms with Crippen LogP contribution < -0.4 is 5.32 Å². The van der Waals surface area contributed by atoms with E-state index in [0.717, 1.165) is 15.2 Å². The molecule has 7 nitrogen and oxygen atoms in total. The molecule has 0 bridgehead atoms. The summed E-state index contributed by atoms with van der Waals surface area (Å²) in [6.45, 7) is 0. The molecule has 140 valence electrons. The lowest BCUT2D eigenvalue weighted by atomic mass is 10.1. The fourth-order valence-electron chi connectivity index (χ4n) is 1.92. The van der Waals surface area contributed by atoms with Crippen molar-refractivity contribution in [1.82, 2.24) is 15.0 Å². The molecule has 2 heterocycles. The number of rotatable bonds is 3. The largest absolute Gasteiger partial charge is 0.490 e. The molecule has 2 aromatic heterocycles. The van der Waals surface area contributed by atoms with Crippen LogP contribution in [0.2, 0.25) is 0 Å². The van der Waals surface area contributed by atoms with Crippen molar-refractivity contribution in [3.8, 4) is 6.07 Å². The first-order valence-electron chi connectivity index (χ1n) is 7.32. The Balaban J connectivity index is 0.000000321. The predicted molar refractivity (Wildman–Crippen MR) is 92.3 cm³/mol. The van der Waals surface area contributed by atoms with Gasteiger partial charge >= 0.3 is 12.1 Å². The number of carbonyl (C=O) groups is 1. The minimum absolute atomic E-state index is 0.470. The molecule has 0 radical (unpaired) electrons. The number of hydrogen-bond acceptors (Lipinski definition) is 7. The van der Waals surface area contributed by atoms with Gasteiger partial charge in [0.15, 0.2) is 0 Å². The lowest BCUT2D eigenvalue weighted by molar-refractivity contribution is -0.192. The van der Waals surface area contributed by atoms with Gasteiger partial charge in [0, 0.05) is 13.2 Å². The normalized spacial score (nSPS) is 11.8. The van der Waals surface area contributed by atoms with E-state index in [2.05, 4.69) is 26.3 Å². The molecule has 0 aliphatic carbocycles. The van der Waals surface area contributed by atoms with Gasteiger partial charge in [0.25, 0.3) is 0 Å². The van der Waals surface area contributed by atoms with Gasteiger partial charge in [-0.2, -0.15) is 18.4 Å². The van der Waals surface area contributed by atoms with E-state index in [-0.39, 0.29) is 0 Å². The van der Waals surface area contributed by atoms with Gasteiger partial charge in [-0.05, 0) is 18.2 Å². The second-order valence-corrected chi connectivity index (χ2v) is 6.00. The first kappa shape index (κ1) is 20.1. The number of aromatic nitrogens is 3. The molecule has 1 atom stereocenters. The van der Waals surface area contributed by atoms with Crippen molar-refractivity contribution in [1.29, 1.82) is 5.26 Å². The number of fused-ring (bicyclic) bond motifs is 1. The number of alkyl halides is 3. The van der Waals surface area contributed by atoms with Gasteiger partial charge in [0.1, 0.15) is 10.9 Å². The van der Waals surface area contributed by atoms with Crippen LogP contribution in [-0.4, -0.2) is 39.3 Å². The number of carboxylic acid groups (broad SMARTS) is 1. The number of para-hydroxylation sites is 1. The van der Waals surface area contributed by atoms with E-state index in [1.807, 2.05) is 24.3 Å². The van der Waals surface area contributed by atoms with Crippen molar-refractivity contribution in [2.45, 2.75) is 12.1 Å². The number of anilines is 1. The summed E-state index contributed by atoms with van der Waals surface area (Å²) in [6, 6.07) is 11.9. The van der Waals surface area contributed by atoms with Crippen LogP contribution in [0.4, 0.5) is 19.1 Å². The highest BCUT2D eigenvalue weighted by Crippen LogP contribution is 2.30. The highest BCUT2D eigenvalue weighted by molar-refractivity contribution is 7.18. The highest BCUT2D eigenvalue weighted by Gasteiger charge is 2.38. The summed E-state index contributed by atoms with van der Waals surface area (Å²) in [7, 11) is 1.75. The molecule has 3 aromatic rings. The molecule has 27 heavy (non-hydrogen) atoms. The zero-order valence-electron chi connectivity index (χ0n) is 13.7. The van der Waals surface area contributed by atoms with Crippen LogP contribution in [0.25, 0.3) is 10.2 Å². The number of hydrogen-bond donors (Lipinski definition) is 2. The number of nitriles is 1. The Hall–Kier alpha value is -3.26. The van der Waals surface area contributed by atoms with E-state index in [1.54, 1.807) is 19.3 Å². The molecular weight excluding hydrogens is 383 g/mol. The SMILES string of the molecule is CNc1nccc(C(C#N)c2nc3ccccc3s2)n1.O=C(O)C(F)(F)F. The third kappa shape index (κ3) is 5.11. The van der Waals surface area contributed by atoms with Crippen molar-refractivity contribution in [3.63, 3.8) is 0 Å². The van der Waals surface area contributed by atoms with Crippen molar-refractivity contribution in [3.05, 3.63) is 47.2 Å². The van der Waals surface area contributed by atoms with Gasteiger partial charge in [-0.3, -0.25) is 0 Å². The lowest BCUT2D eigenvalue weighted by Gasteiger charge is -2.06. The first-order valence-corrected chi connectivity index (χ1v) is 8.13. The number of nitrogens with zero attached hydrogens (tertiary/aromatic N) is 4. The Bertz CT molecular complexity index is 951. The Morgan fingerprint density at radius 2 is 1.96 bits per heavy atom. The highest BCUT2D eigenvalue weighted by atomic mass is 32.1. The molecule has 11 heteroatoms. The van der Waals surface area contributed by atoms with Gasteiger partial charge in [-0.25, -0.2) is 19.7 Å². The second kappa shape index (κ2) is 8.41. The van der Waals surface area contributed by atoms with Crippen LogP contribution in [0, 0.1) is 11.3 Å². The van der Waals surface area contributed by atoms with Crippen molar-refractivity contribution in [2.75, 3.05) is 12.4 Å². The second-order valence-electron chi connectivity index (χ2n) is 4.94. The number of benzene rings is 1. The summed E-state index contributed by atoms with van der Waals surface area (Å²) >= 11 is 1.52. The molecule has 1 unspecified atom stereocenters. The van der Waals surface area contributed by atoms with Crippen LogP contribution in [0.3, 0.4) is 0 Å². The predicted octanol–water partition coefficient (Wildman–Crippen LogP) is 3.42. The fourth-order valence-corrected chi connectivity index (χ4v) is 2.94. The lowest BCUT2D eigenvalue weighted by Crippen LogP contribution is -2.21. The zero-order valence-corrected chi connectivity index (χ0v) is 14.5. The van der Waals surface area contributed by atoms with Gasteiger partial charge in [0.05, 0.1) is 22.0 Å². The third-order valence-corrected chi connectivity index (χ3v) is 4.23. The summed E-state index contributed by atoms with van der Waals surface area (Å²) in [5.41, 5.74) is 1.57. The minimum atomic E-state index is -5.08. The number of nitrogens with one attached hydrogen (secondary N) is 1. The molecule has 0 amide bonds. The Labute approximate surface area is 155 Å². The maximum Gasteiger partial charge on any atom is 0.490 e. The smallest absolute Gasteiger partial charge is 0.475 e. The molecule has 0 aliphatic rings. The number of thiazole rings is 1. The monoisotopic (exact) mass is 395 g/mol. The van der Waals surface area contributed by atoms with Crippen LogP contribution in [0.1, 0.15) is 16.6 Å². The minimum Gasteiger partial charge on any atom is -0.475 e. The van der Waals surface area contributed by atoms with Crippen LogP contribution in [-0.2, 0) is 4.79 Å². The van der Waals surface area contributed by atoms with Crippen LogP contribution in [0.5, 0.6) is 0 Å². The molecule has 0 saturated heterocycles. The fraction of sp³-hybridized carbons (Fsp3) is 0.188. The van der Waals surface area contributed by atoms with E-state index >= 15 is 0 Å². The quantitative estimate of drug-likeness (QED) is 0.699. The Morgan fingerprint density at radius 3 is 2.52 bits per heavy atom. The average molecular weight is 395 g/mol. The van der Waals surface area contributed by atoms with Gasteiger partial charge in [-0.1, -0.05) is 12.1 Å². The Morgan fingerprint density at radius 1 is 1.30 bits per heavy atom. The van der Waals surface area contributed by atoms with Gasteiger partial charge < -0.3 is 10.4 Å². The standard InChI is InChI=1S/C14H11N5S.C2HF3O2/c1-16-14-17-7-6-10(19-14)9(8-15)13-18-11-4-2-3-5-12(11)20-13;3-2(4,5)1(6)7/h2-7,9H,1H3,(H,16,17,19);(H,6,7). The summed E-state index contributed by atoms with van der Waals surface area (Å²) in [4.78, 5) is 21.8. The van der Waals surface area contributed by atoms with Crippen LogP contribution in [0.15, 0.2) is 36.5 Å². The van der Waals surface area contributed by atoms with Gasteiger partial charge in [0.2, 0.25) is 5.95 Å². The number of carboxylic acids is 1. The van der Waals surface area contributed by atoms with Crippen molar-refractivity contribution < 1.29 is 23.1 Å². The molecule has 2 N–H and O–H groups in total. The maximum absolute atomic E-state index is 10.6. The van der Waals surface area contributed by atoms with Gasteiger partial charge in [-0.15, -0.1) is 11.3 Å². The van der Waals surface area contributed by atoms with Crippen molar-refractivity contribution in [2.24, 2.45) is 0 Å². The molecular formula is C16H12F3N5O2S. The van der Waals surface area contributed by atoms with Crippen LogP contribution >= 0.6 is 11.3 Å². The molecule has 1 aromatic carbocycles. The first-order chi connectivity index (χ1) is 12.8. The molecule has 0 spiro atoms. The summed E-state index contributed by atoms with van der Waals surface area (Å²) in [5, 5.41) is 20.2. The van der Waals surface area contributed by atoms with E-state index < -0.39 is 18.1 Å². The molecule has 3 rings (SSSR count). The van der Waals surface area contributed by atoms with E-state index in [9.17, 15) is 18.4 Å². The molecule has 0 saturated carbocycles. The average Bonchev–Trinajstić information content (AvgIpc) is 3.06. The number of halogens is 3. The van der Waals surface area contributed by atoms with E-state index in [0.29, 0.717) is 11.6 Å². The zero-order chi connectivity index (χ0) is 20.0. The third-order valence-electron chi connectivity index (χ3n) is 3.13. The Kier molecular flexibility index (Phi) is 6.25. The summed E-state index contributed by atoms with van der Waals surface area (Å²) < 4.78 is 32.8. The molecule has 0 fully saturated rings. The van der Waals surface area contributed by atoms with Crippen molar-refractivity contribution >= 4 is 33.5 Å². The van der Waals surface area contributed by atoms with E-state index in [1.165, 1.54) is 11.3 Å². The topological polar surface area (TPSA) is 112 Å². The van der Waals surface area contributed by atoms with E-state index in [4.69, 9.17) is 9.90 Å². The number of aliphatic carboxylic acids is 1. The summed E-state index contributed by atoms with van der Waals surface area (Å²) in [5.74, 6) is -2.72. The summed E-state index contributed by atoms with van der Waals surface area (Å²) in [6.07, 6.45) is -3.44. The molecule has 0 aliphatic heterocycles. The maximum atomic E-state index is 10.6.